The second-order valence-electron chi connectivity index (χ2n) is 6.79. The van der Waals surface area contributed by atoms with Crippen LogP contribution in [0.1, 0.15) is 54.6 Å². The monoisotopic (exact) mass is 338 g/mol. The van der Waals surface area contributed by atoms with Gasteiger partial charge in [-0.2, -0.15) is 0 Å². The smallest absolute Gasteiger partial charge is 0.320 e. The molecule has 2 unspecified atom stereocenters. The zero-order valence-corrected chi connectivity index (χ0v) is 15.0. The molecular formula is C21H26N2O2. The largest absolute Gasteiger partial charge is 0.480 e. The number of aryl methyl sites for hydroxylation is 2. The standard InChI is InChI=1S/C21H26N2O2/c1-3-16-11-12-18(22-14-16)20(17-9-5-4-8-15(17)2)23-13-7-6-10-19(23)21(24)25/h4-5,8-9,11-12,14,19-20H,3,6-7,10,13H2,1-2H3,(H,24,25). The van der Waals surface area contributed by atoms with E-state index in [0.29, 0.717) is 6.42 Å². The van der Waals surface area contributed by atoms with Crippen LogP contribution in [0, 0.1) is 6.92 Å². The van der Waals surface area contributed by atoms with Crippen LogP contribution in [0.25, 0.3) is 0 Å². The van der Waals surface area contributed by atoms with Gasteiger partial charge >= 0.3 is 5.97 Å². The quantitative estimate of drug-likeness (QED) is 0.896. The van der Waals surface area contributed by atoms with Crippen molar-refractivity contribution in [2.45, 2.75) is 51.6 Å². The Balaban J connectivity index is 2.07. The minimum absolute atomic E-state index is 0.117. The Bertz CT molecular complexity index is 727. The van der Waals surface area contributed by atoms with Crippen molar-refractivity contribution in [2.24, 2.45) is 0 Å². The molecule has 0 radical (unpaired) electrons. The van der Waals surface area contributed by atoms with Gasteiger partial charge in [-0.15, -0.1) is 0 Å². The first kappa shape index (κ1) is 17.6. The Morgan fingerprint density at radius 3 is 2.72 bits per heavy atom. The summed E-state index contributed by atoms with van der Waals surface area (Å²) in [4.78, 5) is 18.7. The third kappa shape index (κ3) is 3.74. The van der Waals surface area contributed by atoms with Gasteiger partial charge in [-0.3, -0.25) is 14.7 Å². The summed E-state index contributed by atoms with van der Waals surface area (Å²) in [6, 6.07) is 11.8. The van der Waals surface area contributed by atoms with Gasteiger partial charge in [0, 0.05) is 6.20 Å². The Labute approximate surface area is 149 Å². The lowest BCUT2D eigenvalue weighted by atomic mass is 9.91. The van der Waals surface area contributed by atoms with E-state index in [1.165, 1.54) is 11.1 Å². The van der Waals surface area contributed by atoms with Crippen LogP contribution in [0.15, 0.2) is 42.6 Å². The first-order valence-electron chi connectivity index (χ1n) is 9.10. The third-order valence-electron chi connectivity index (χ3n) is 5.18. The number of pyridine rings is 1. The molecule has 4 heteroatoms. The van der Waals surface area contributed by atoms with E-state index in [-0.39, 0.29) is 6.04 Å². The van der Waals surface area contributed by atoms with Crippen molar-refractivity contribution in [3.05, 3.63) is 65.0 Å². The summed E-state index contributed by atoms with van der Waals surface area (Å²) in [6.45, 7) is 4.98. The Morgan fingerprint density at radius 1 is 1.28 bits per heavy atom. The van der Waals surface area contributed by atoms with Gasteiger partial charge in [-0.25, -0.2) is 0 Å². The van der Waals surface area contributed by atoms with E-state index in [0.717, 1.165) is 37.1 Å². The van der Waals surface area contributed by atoms with Crippen LogP contribution >= 0.6 is 0 Å². The van der Waals surface area contributed by atoms with Gasteiger partial charge < -0.3 is 5.11 Å². The number of hydrogen-bond donors (Lipinski definition) is 1. The lowest BCUT2D eigenvalue weighted by Gasteiger charge is -2.39. The van der Waals surface area contributed by atoms with Crippen molar-refractivity contribution in [3.8, 4) is 0 Å². The molecule has 2 aromatic rings. The number of hydrogen-bond acceptors (Lipinski definition) is 3. The van der Waals surface area contributed by atoms with Crippen LogP contribution in [0.2, 0.25) is 0 Å². The second kappa shape index (κ2) is 7.79. The molecule has 1 aromatic carbocycles. The van der Waals surface area contributed by atoms with Crippen molar-refractivity contribution >= 4 is 5.97 Å². The van der Waals surface area contributed by atoms with E-state index in [9.17, 15) is 9.90 Å². The van der Waals surface area contributed by atoms with Crippen LogP contribution in [0.3, 0.4) is 0 Å². The SMILES string of the molecule is CCc1ccc(C(c2ccccc2C)N2CCCCC2C(=O)O)nc1. The van der Waals surface area contributed by atoms with Crippen LogP contribution in [0.5, 0.6) is 0 Å². The van der Waals surface area contributed by atoms with Crippen molar-refractivity contribution in [2.75, 3.05) is 6.54 Å². The van der Waals surface area contributed by atoms with E-state index < -0.39 is 12.0 Å². The molecule has 0 amide bonds. The van der Waals surface area contributed by atoms with Crippen LogP contribution in [0.4, 0.5) is 0 Å². The summed E-state index contributed by atoms with van der Waals surface area (Å²) in [5.41, 5.74) is 4.44. The molecule has 0 spiro atoms. The van der Waals surface area contributed by atoms with Gasteiger partial charge in [-0.05, 0) is 55.5 Å². The Kier molecular flexibility index (Phi) is 5.49. The molecule has 2 atom stereocenters. The van der Waals surface area contributed by atoms with Gasteiger partial charge in [0.25, 0.3) is 0 Å². The molecule has 1 aromatic heterocycles. The highest BCUT2D eigenvalue weighted by Crippen LogP contribution is 2.34. The second-order valence-corrected chi connectivity index (χ2v) is 6.79. The Morgan fingerprint density at radius 2 is 2.08 bits per heavy atom. The maximum absolute atomic E-state index is 11.9. The normalized spacial score (nSPS) is 19.5. The molecule has 1 aliphatic rings. The lowest BCUT2D eigenvalue weighted by molar-refractivity contribution is -0.145. The summed E-state index contributed by atoms with van der Waals surface area (Å²) in [7, 11) is 0. The number of nitrogens with zero attached hydrogens (tertiary/aromatic N) is 2. The van der Waals surface area contributed by atoms with Gasteiger partial charge in [0.15, 0.2) is 0 Å². The summed E-state index contributed by atoms with van der Waals surface area (Å²) in [6.07, 6.45) is 5.56. The van der Waals surface area contributed by atoms with Gasteiger partial charge in [0.05, 0.1) is 11.7 Å². The number of likely N-dealkylation sites (tertiary alicyclic amines) is 1. The maximum atomic E-state index is 11.9. The number of carbonyl (C=O) groups is 1. The van der Waals surface area contributed by atoms with E-state index >= 15 is 0 Å². The van der Waals surface area contributed by atoms with E-state index in [1.807, 2.05) is 18.3 Å². The number of rotatable bonds is 5. The minimum Gasteiger partial charge on any atom is -0.480 e. The summed E-state index contributed by atoms with van der Waals surface area (Å²) >= 11 is 0. The first-order chi connectivity index (χ1) is 12.1. The summed E-state index contributed by atoms with van der Waals surface area (Å²) in [5.74, 6) is -0.733. The molecule has 1 saturated heterocycles. The third-order valence-corrected chi connectivity index (χ3v) is 5.18. The number of aromatic nitrogens is 1. The number of carboxylic acid groups (broad SMARTS) is 1. The number of piperidine rings is 1. The first-order valence-corrected chi connectivity index (χ1v) is 9.10. The molecule has 3 rings (SSSR count). The zero-order chi connectivity index (χ0) is 17.8. The van der Waals surface area contributed by atoms with Crippen molar-refractivity contribution in [3.63, 3.8) is 0 Å². The zero-order valence-electron chi connectivity index (χ0n) is 15.0. The number of aliphatic carboxylic acids is 1. The molecule has 2 heterocycles. The van der Waals surface area contributed by atoms with E-state index in [2.05, 4.69) is 43.0 Å². The highest BCUT2D eigenvalue weighted by molar-refractivity contribution is 5.73. The van der Waals surface area contributed by atoms with Gasteiger partial charge in [-0.1, -0.05) is 43.7 Å². The fourth-order valence-electron chi connectivity index (χ4n) is 3.74. The molecule has 0 aliphatic carbocycles. The topological polar surface area (TPSA) is 53.4 Å². The lowest BCUT2D eigenvalue weighted by Crippen LogP contribution is -2.47. The molecule has 132 valence electrons. The maximum Gasteiger partial charge on any atom is 0.320 e. The highest BCUT2D eigenvalue weighted by atomic mass is 16.4. The molecule has 4 nitrogen and oxygen atoms in total. The fourth-order valence-corrected chi connectivity index (χ4v) is 3.74. The van der Waals surface area contributed by atoms with Crippen LogP contribution in [-0.2, 0) is 11.2 Å². The van der Waals surface area contributed by atoms with Crippen molar-refractivity contribution in [1.29, 1.82) is 0 Å². The van der Waals surface area contributed by atoms with E-state index in [4.69, 9.17) is 4.98 Å². The minimum atomic E-state index is -0.733. The average molecular weight is 338 g/mol. The summed E-state index contributed by atoms with van der Waals surface area (Å²) in [5, 5.41) is 9.74. The van der Waals surface area contributed by atoms with E-state index in [1.54, 1.807) is 0 Å². The molecule has 25 heavy (non-hydrogen) atoms. The molecule has 0 bridgehead atoms. The molecule has 1 N–H and O–H groups in total. The predicted octanol–water partition coefficient (Wildman–Crippen LogP) is 3.98. The number of carboxylic acids is 1. The predicted molar refractivity (Wildman–Crippen MR) is 98.6 cm³/mol. The highest BCUT2D eigenvalue weighted by Gasteiger charge is 2.36. The van der Waals surface area contributed by atoms with Crippen LogP contribution in [-0.4, -0.2) is 33.5 Å². The van der Waals surface area contributed by atoms with Gasteiger partial charge in [0.2, 0.25) is 0 Å². The summed E-state index contributed by atoms with van der Waals surface area (Å²) < 4.78 is 0. The molecule has 1 fully saturated rings. The fraction of sp³-hybridized carbons (Fsp3) is 0.429. The molecule has 0 saturated carbocycles. The molecule has 1 aliphatic heterocycles. The van der Waals surface area contributed by atoms with Crippen LogP contribution < -0.4 is 0 Å². The van der Waals surface area contributed by atoms with Crippen molar-refractivity contribution in [1.82, 2.24) is 9.88 Å². The van der Waals surface area contributed by atoms with Crippen molar-refractivity contribution < 1.29 is 9.90 Å². The average Bonchev–Trinajstić information content (AvgIpc) is 2.64. The van der Waals surface area contributed by atoms with Gasteiger partial charge in [0.1, 0.15) is 6.04 Å². The Hall–Kier alpha value is -2.20. The number of benzene rings is 1. The molecular weight excluding hydrogens is 312 g/mol.